The van der Waals surface area contributed by atoms with Crippen molar-refractivity contribution < 1.29 is 215 Å². The highest BCUT2D eigenvalue weighted by molar-refractivity contribution is 5.83. The summed E-state index contributed by atoms with van der Waals surface area (Å²) in [5.74, 6) is -32.0. The first-order valence-corrected chi connectivity index (χ1v) is 45.5. The van der Waals surface area contributed by atoms with E-state index in [2.05, 4.69) is 11.3 Å². The minimum Gasteiger partial charge on any atom is -0.494 e. The number of fused-ring (bicyclic) bond motifs is 10. The molecule has 1 N–H and O–H groups in total. The lowest BCUT2D eigenvalue weighted by Gasteiger charge is -2.62. The average molecular weight is 1910 g/mol. The highest BCUT2D eigenvalue weighted by atomic mass is 19.3. The average Bonchev–Trinajstić information content (AvgIpc) is 1.57. The third-order valence-corrected chi connectivity index (χ3v) is 31.6. The molecular formula is C87H102F10O36. The van der Waals surface area contributed by atoms with E-state index in [4.69, 9.17) is 109 Å². The van der Waals surface area contributed by atoms with Crippen LogP contribution < -0.4 is 0 Å². The van der Waals surface area contributed by atoms with Crippen LogP contribution in [-0.4, -0.2) is 276 Å². The number of aliphatic hydroxyl groups excluding tert-OH is 1. The van der Waals surface area contributed by atoms with Crippen molar-refractivity contribution in [1.82, 2.24) is 0 Å². The molecule has 133 heavy (non-hydrogen) atoms. The molecule has 4 spiro atoms. The number of carbonyl (C=O) groups excluding carboxylic acids is 11. The molecule has 12 heterocycles. The van der Waals surface area contributed by atoms with Crippen LogP contribution in [0.1, 0.15) is 183 Å². The normalized spacial score (nSPS) is 47.9. The van der Waals surface area contributed by atoms with Crippen LogP contribution in [0.15, 0.2) is 12.3 Å². The summed E-state index contributed by atoms with van der Waals surface area (Å²) in [6.45, 7) is 9.55. The lowest BCUT2D eigenvalue weighted by molar-refractivity contribution is -0.343. The molecule has 0 aromatic carbocycles. The third kappa shape index (κ3) is 15.7. The Morgan fingerprint density at radius 1 is 0.391 bits per heavy atom. The quantitative estimate of drug-likeness (QED) is 0.105. The zero-order valence-electron chi connectivity index (χ0n) is 73.0. The molecule has 28 fully saturated rings. The first-order valence-electron chi connectivity index (χ1n) is 45.5. The minimum absolute atomic E-state index is 0.0598. The number of hydrogen-bond donors (Lipinski definition) is 1. The topological polar surface area (TPSA) is 430 Å². The zero-order valence-corrected chi connectivity index (χ0v) is 73.0. The molecule has 26 atom stereocenters. The van der Waals surface area contributed by atoms with Gasteiger partial charge in [0.2, 0.25) is 12.2 Å². The van der Waals surface area contributed by atoms with E-state index in [0.717, 1.165) is 51.4 Å². The van der Waals surface area contributed by atoms with Crippen molar-refractivity contribution in [3.63, 3.8) is 0 Å². The van der Waals surface area contributed by atoms with Crippen molar-refractivity contribution in [2.24, 2.45) is 71.0 Å². The van der Waals surface area contributed by atoms with Crippen molar-refractivity contribution in [3.05, 3.63) is 12.3 Å². The number of carbonyl (C=O) groups is 11. The predicted molar refractivity (Wildman–Crippen MR) is 401 cm³/mol. The smallest absolute Gasteiger partial charge is 0.494 e. The van der Waals surface area contributed by atoms with Crippen LogP contribution in [0.3, 0.4) is 0 Å². The van der Waals surface area contributed by atoms with Gasteiger partial charge < -0.3 is 119 Å². The van der Waals surface area contributed by atoms with Gasteiger partial charge in [0, 0.05) is 95.3 Å². The van der Waals surface area contributed by atoms with E-state index < -0.39 is 251 Å². The van der Waals surface area contributed by atoms with Gasteiger partial charge in [0.15, 0.2) is 97.0 Å². The summed E-state index contributed by atoms with van der Waals surface area (Å²) in [4.78, 5) is 129. The van der Waals surface area contributed by atoms with Gasteiger partial charge in [-0.2, -0.15) is 43.9 Å². The highest BCUT2D eigenvalue weighted by Crippen LogP contribution is 2.71. The molecule has 0 amide bonds. The predicted octanol–water partition coefficient (Wildman–Crippen LogP) is 7.70. The van der Waals surface area contributed by atoms with Crippen molar-refractivity contribution in [2.75, 3.05) is 19.8 Å². The number of aliphatic hydroxyl groups is 1. The Bertz CT molecular complexity index is 4690. The molecule has 0 radical (unpaired) electrons. The van der Waals surface area contributed by atoms with Gasteiger partial charge in [0.05, 0.1) is 13.2 Å². The number of alkyl halides is 10. The fourth-order valence-electron chi connectivity index (χ4n) is 27.4. The van der Waals surface area contributed by atoms with Crippen LogP contribution in [0.4, 0.5) is 48.7 Å². The molecule has 28 rings (SSSR count). The van der Waals surface area contributed by atoms with E-state index in [0.29, 0.717) is 131 Å². The number of ether oxygens (including phenoxy) is 24. The van der Waals surface area contributed by atoms with Gasteiger partial charge >= 0.3 is 95.5 Å². The minimum atomic E-state index is -3.56. The molecule has 26 unspecified atom stereocenters. The lowest BCUT2D eigenvalue weighted by atomic mass is 9.51. The van der Waals surface area contributed by atoms with Crippen molar-refractivity contribution in [3.8, 4) is 0 Å². The summed E-state index contributed by atoms with van der Waals surface area (Å²) in [6.07, 6.45) is -3.82. The number of hydrogen-bond acceptors (Lipinski definition) is 36. The number of cyclic esters (lactones) is 1. The molecule has 16 saturated carbocycles. The molecular weight excluding hydrogens is 1810 g/mol. The van der Waals surface area contributed by atoms with Crippen LogP contribution in [0.2, 0.25) is 0 Å². The van der Waals surface area contributed by atoms with E-state index in [-0.39, 0.29) is 84.1 Å². The lowest BCUT2D eigenvalue weighted by Crippen LogP contribution is -2.66. The summed E-state index contributed by atoms with van der Waals surface area (Å²) < 4.78 is 267. The second kappa shape index (κ2) is 31.7. The number of halogens is 10. The zero-order chi connectivity index (χ0) is 94.7. The molecule has 0 aromatic rings. The molecule has 736 valence electrons. The maximum atomic E-state index is 13.5. The summed E-state index contributed by atoms with van der Waals surface area (Å²) in [5, 5.41) is 9.89. The second-order valence-corrected chi connectivity index (χ2v) is 41.2. The standard InChI is InChI=1S/C22H26F2O10.C21H24F2O9.C19H22F2O8.C17H20F2O6.C8H10F2O3/c1-3-28-19(27)31-14-12-13(29-16(14)25)15-17(30-12)33-22(32-15)10-4-9-5-11(22)8-21(6-9,7-10)34-18(26)20(2,23)24;1-8(24)27-14-12-13(28-16(14)25)15-17(29-12)31-21(30-15)10-3-9-4-11(21)7-20(5-9,6-10)32-18(26)19(2,22)23;1-17(20,21)16(24)29-18-4-7-2-8(5-18)19(9(3-7)6-18)27-13-12-11(26-15(13)28-19)10(22)14(23)25-12;1-15(18,19)14(21)25-16-4-8-2-9(5-16)17(10(3-8)6-16)23-11-7-22-13(20)12(11)24-17;1-5-6(3-4-12-5)13-7(11)8(2,9)10/h9-15,17H,3-8H2,1-2H3;9-15,17H,3-7H2,1-2H3;7-13,15,22H,2-6H2,1H3;8-12H,2-7H2,1H3;6H,1,3-4H2,2H3. The van der Waals surface area contributed by atoms with Gasteiger partial charge in [0.1, 0.15) is 59.2 Å². The van der Waals surface area contributed by atoms with Crippen LogP contribution in [0.25, 0.3) is 0 Å². The third-order valence-electron chi connectivity index (χ3n) is 31.6. The van der Waals surface area contributed by atoms with E-state index in [9.17, 15) is 102 Å². The molecule has 16 aliphatic carbocycles. The Hall–Kier alpha value is -7.67. The molecule has 28 aliphatic rings. The van der Waals surface area contributed by atoms with Gasteiger partial charge in [-0.05, 0) is 159 Å². The van der Waals surface area contributed by atoms with E-state index in [1.165, 1.54) is 6.92 Å². The summed E-state index contributed by atoms with van der Waals surface area (Å²) in [6, 6.07) is 0. The van der Waals surface area contributed by atoms with Crippen molar-refractivity contribution >= 4 is 65.8 Å². The van der Waals surface area contributed by atoms with Gasteiger partial charge in [-0.1, -0.05) is 6.58 Å². The summed E-state index contributed by atoms with van der Waals surface area (Å²) in [5.41, 5.74) is -3.66. The van der Waals surface area contributed by atoms with E-state index in [1.54, 1.807) is 6.92 Å². The second-order valence-electron chi connectivity index (χ2n) is 41.2. The van der Waals surface area contributed by atoms with Crippen molar-refractivity contribution in [2.45, 2.75) is 369 Å². The van der Waals surface area contributed by atoms with E-state index in [1.807, 2.05) is 0 Å². The van der Waals surface area contributed by atoms with Crippen LogP contribution in [0.5, 0.6) is 0 Å². The number of rotatable bonds is 13. The molecule has 46 heteroatoms. The maximum absolute atomic E-state index is 13.5. The SMILES string of the molecule is C=C1OCCC1OC(=O)C(C)(F)F.CC(=O)OC1C(=O)OC2C3OC4(OC3OC12)C1CC2CC4CC(OC(=O)C(C)(F)F)(C2)C1.CC(F)(F)C(=O)OC12CC3CC(C1)C1(OC4COC(=O)C4O1)C(C3)C2.CC(F)(F)C(=O)OC12CC3CC(C1)C1(OC4OC5C(O)C(=O)OC5C4O1)C(C3)C2.CCOC(=O)OC1C(=O)OC2C3OC4(OC3OC12)C1CC2CC4CC(OC(=O)C(C)(F)F)(C2)C1. The summed E-state index contributed by atoms with van der Waals surface area (Å²) in [7, 11) is 0. The van der Waals surface area contributed by atoms with E-state index >= 15 is 0 Å². The Morgan fingerprint density at radius 3 is 1.03 bits per heavy atom. The fraction of sp³-hybridized carbons (Fsp3) is 0.851. The fourth-order valence-corrected chi connectivity index (χ4v) is 27.4. The Morgan fingerprint density at radius 2 is 0.714 bits per heavy atom. The van der Waals surface area contributed by atoms with Gasteiger partial charge in [-0.3, -0.25) is 4.79 Å². The molecule has 0 aromatic heterocycles. The van der Waals surface area contributed by atoms with Gasteiger partial charge in [0.25, 0.3) is 0 Å². The molecule has 16 bridgehead atoms. The number of esters is 10. The first-order chi connectivity index (χ1) is 62.2. The Balaban J connectivity index is 0.000000106. The Labute approximate surface area is 750 Å². The monoisotopic (exact) mass is 1910 g/mol. The molecule has 36 nitrogen and oxygen atoms in total. The van der Waals surface area contributed by atoms with Crippen LogP contribution in [-0.2, 0) is 162 Å². The van der Waals surface area contributed by atoms with Gasteiger partial charge in [-0.25, -0.2) is 47.9 Å². The van der Waals surface area contributed by atoms with Crippen LogP contribution >= 0.6 is 0 Å². The van der Waals surface area contributed by atoms with Gasteiger partial charge in [-0.15, -0.1) is 0 Å². The van der Waals surface area contributed by atoms with Crippen molar-refractivity contribution in [1.29, 1.82) is 0 Å². The largest absolute Gasteiger partial charge is 0.509 e. The maximum Gasteiger partial charge on any atom is 0.509 e. The van der Waals surface area contributed by atoms with Crippen LogP contribution in [0, 0.1) is 71.0 Å². The Kier molecular flexibility index (Phi) is 22.2. The summed E-state index contributed by atoms with van der Waals surface area (Å²) >= 11 is 0. The molecule has 12 saturated heterocycles. The highest BCUT2D eigenvalue weighted by Gasteiger charge is 2.79. The first kappa shape index (κ1) is 93.0. The molecule has 12 aliphatic heterocycles.